The zero-order chi connectivity index (χ0) is 7.56. The van der Waals surface area contributed by atoms with Crippen LogP contribution in [0.5, 0.6) is 0 Å². The Labute approximate surface area is 68.0 Å². The van der Waals surface area contributed by atoms with E-state index < -0.39 is 0 Å². The molecule has 0 fully saturated rings. The van der Waals surface area contributed by atoms with Crippen molar-refractivity contribution in [1.29, 1.82) is 0 Å². The Bertz CT molecular complexity index is 281. The summed E-state index contributed by atoms with van der Waals surface area (Å²) in [6, 6.07) is 4.71. The summed E-state index contributed by atoms with van der Waals surface area (Å²) in [6.07, 6.45) is 0. The average molecular weight is 178 g/mol. The van der Waals surface area contributed by atoms with Crippen LogP contribution in [0.2, 0.25) is 5.15 Å². The smallest absolute Gasteiger partial charge is 0.252 e. The summed E-state index contributed by atoms with van der Waals surface area (Å²) < 4.78 is 1.27. The third-order valence-corrected chi connectivity index (χ3v) is 1.69. The molecular formula is C6H5Cl2NO. The van der Waals surface area contributed by atoms with Crippen molar-refractivity contribution in [3.8, 4) is 0 Å². The first kappa shape index (κ1) is 7.63. The lowest BCUT2D eigenvalue weighted by molar-refractivity contribution is 0.833. The second-order valence-electron chi connectivity index (χ2n) is 1.73. The number of alkyl halides is 1. The summed E-state index contributed by atoms with van der Waals surface area (Å²) in [7, 11) is 0. The number of nitrogens with zero attached hydrogens (tertiary/aromatic N) is 1. The number of pyridine rings is 1. The van der Waals surface area contributed by atoms with Gasteiger partial charge in [0.2, 0.25) is 0 Å². The first-order valence-corrected chi connectivity index (χ1v) is 3.58. The minimum Gasteiger partial charge on any atom is -0.285 e. The fourth-order valence-electron chi connectivity index (χ4n) is 0.611. The maximum absolute atomic E-state index is 10.9. The highest BCUT2D eigenvalue weighted by Gasteiger charge is 1.96. The molecule has 0 aromatic carbocycles. The number of rotatable bonds is 1. The fraction of sp³-hybridized carbons (Fsp3) is 0.167. The molecule has 0 N–H and O–H groups in total. The molecule has 0 unspecified atom stereocenters. The van der Waals surface area contributed by atoms with Crippen LogP contribution in [0.1, 0.15) is 0 Å². The molecule has 1 aromatic heterocycles. The van der Waals surface area contributed by atoms with E-state index in [9.17, 15) is 4.79 Å². The van der Waals surface area contributed by atoms with Gasteiger partial charge in [-0.05, 0) is 6.07 Å². The highest BCUT2D eigenvalue weighted by atomic mass is 35.5. The first-order chi connectivity index (χ1) is 4.75. The number of halogens is 2. The normalized spacial score (nSPS) is 9.80. The molecule has 0 atom stereocenters. The van der Waals surface area contributed by atoms with Crippen LogP contribution in [0.25, 0.3) is 0 Å². The Morgan fingerprint density at radius 2 is 2.20 bits per heavy atom. The van der Waals surface area contributed by atoms with Crippen molar-refractivity contribution in [3.05, 3.63) is 33.7 Å². The maximum Gasteiger partial charge on any atom is 0.252 e. The Hall–Kier alpha value is -0.470. The van der Waals surface area contributed by atoms with Crippen LogP contribution in [0.15, 0.2) is 23.0 Å². The topological polar surface area (TPSA) is 22.0 Å². The van der Waals surface area contributed by atoms with Gasteiger partial charge in [-0.25, -0.2) is 0 Å². The van der Waals surface area contributed by atoms with Gasteiger partial charge in [-0.2, -0.15) is 0 Å². The second kappa shape index (κ2) is 3.08. The average Bonchev–Trinajstić information content (AvgIpc) is 1.88. The summed E-state index contributed by atoms with van der Waals surface area (Å²) in [6.45, 7) is 0. The van der Waals surface area contributed by atoms with E-state index in [1.165, 1.54) is 10.6 Å². The predicted molar refractivity (Wildman–Crippen MR) is 41.6 cm³/mol. The van der Waals surface area contributed by atoms with E-state index in [0.29, 0.717) is 5.15 Å². The van der Waals surface area contributed by atoms with Crippen LogP contribution in [0.3, 0.4) is 0 Å². The van der Waals surface area contributed by atoms with Gasteiger partial charge >= 0.3 is 0 Å². The third kappa shape index (κ3) is 1.33. The van der Waals surface area contributed by atoms with Crippen molar-refractivity contribution < 1.29 is 0 Å². The van der Waals surface area contributed by atoms with Crippen molar-refractivity contribution in [2.75, 3.05) is 0 Å². The molecule has 2 nitrogen and oxygen atoms in total. The van der Waals surface area contributed by atoms with Gasteiger partial charge in [0.1, 0.15) is 11.2 Å². The molecule has 1 aromatic rings. The van der Waals surface area contributed by atoms with Crippen molar-refractivity contribution in [2.45, 2.75) is 6.00 Å². The summed E-state index contributed by atoms with van der Waals surface area (Å²) in [5, 5.41) is 0.363. The maximum atomic E-state index is 10.9. The number of aromatic nitrogens is 1. The van der Waals surface area contributed by atoms with Gasteiger partial charge in [-0.1, -0.05) is 17.7 Å². The van der Waals surface area contributed by atoms with Crippen molar-refractivity contribution in [2.24, 2.45) is 0 Å². The summed E-state index contributed by atoms with van der Waals surface area (Å²) in [5.74, 6) is 0. The Balaban J connectivity index is 3.31. The fourth-order valence-corrected chi connectivity index (χ4v) is 1.13. The zero-order valence-electron chi connectivity index (χ0n) is 5.05. The van der Waals surface area contributed by atoms with Crippen molar-refractivity contribution >= 4 is 23.2 Å². The van der Waals surface area contributed by atoms with E-state index >= 15 is 0 Å². The summed E-state index contributed by atoms with van der Waals surface area (Å²) in [5.41, 5.74) is -0.178. The first-order valence-electron chi connectivity index (χ1n) is 2.67. The lowest BCUT2D eigenvalue weighted by Gasteiger charge is -2.00. The van der Waals surface area contributed by atoms with Crippen LogP contribution < -0.4 is 5.56 Å². The van der Waals surface area contributed by atoms with Gasteiger partial charge in [0.25, 0.3) is 5.56 Å². The second-order valence-corrected chi connectivity index (χ2v) is 2.36. The lowest BCUT2D eigenvalue weighted by Crippen LogP contribution is -2.16. The Morgan fingerprint density at radius 1 is 1.50 bits per heavy atom. The van der Waals surface area contributed by atoms with Gasteiger partial charge in [-0.3, -0.25) is 9.36 Å². The van der Waals surface area contributed by atoms with Crippen LogP contribution >= 0.6 is 23.2 Å². The van der Waals surface area contributed by atoms with Gasteiger partial charge in [0.15, 0.2) is 0 Å². The van der Waals surface area contributed by atoms with Gasteiger partial charge < -0.3 is 0 Å². The minimum atomic E-state index is -0.178. The number of hydrogen-bond acceptors (Lipinski definition) is 1. The predicted octanol–water partition coefficient (Wildman–Crippen LogP) is 1.70. The summed E-state index contributed by atoms with van der Waals surface area (Å²) >= 11 is 11.0. The standard InChI is InChI=1S/C6H5Cl2NO/c7-4-9-5(8)2-1-3-6(9)10/h1-3H,4H2. The van der Waals surface area contributed by atoms with Crippen molar-refractivity contribution in [3.63, 3.8) is 0 Å². The number of hydrogen-bond donors (Lipinski definition) is 0. The SMILES string of the molecule is O=c1cccc(Cl)n1CCl. The van der Waals surface area contributed by atoms with Crippen LogP contribution in [-0.4, -0.2) is 4.57 Å². The minimum absolute atomic E-state index is 0.0957. The molecule has 0 aliphatic carbocycles. The molecule has 4 heteroatoms. The van der Waals surface area contributed by atoms with Crippen LogP contribution in [0.4, 0.5) is 0 Å². The van der Waals surface area contributed by atoms with E-state index in [2.05, 4.69) is 0 Å². The van der Waals surface area contributed by atoms with E-state index in [1.54, 1.807) is 12.1 Å². The summed E-state index contributed by atoms with van der Waals surface area (Å²) in [4.78, 5) is 10.9. The Morgan fingerprint density at radius 3 is 2.60 bits per heavy atom. The third-order valence-electron chi connectivity index (χ3n) is 1.12. The van der Waals surface area contributed by atoms with Crippen LogP contribution in [0, 0.1) is 0 Å². The van der Waals surface area contributed by atoms with Gasteiger partial charge in [0.05, 0.1) is 0 Å². The molecule has 0 spiro atoms. The molecule has 1 rings (SSSR count). The van der Waals surface area contributed by atoms with Gasteiger partial charge in [0, 0.05) is 6.07 Å². The van der Waals surface area contributed by atoms with E-state index in [4.69, 9.17) is 23.2 Å². The largest absolute Gasteiger partial charge is 0.285 e. The highest BCUT2D eigenvalue weighted by molar-refractivity contribution is 6.29. The molecule has 0 aliphatic heterocycles. The lowest BCUT2D eigenvalue weighted by atomic mass is 10.5. The molecular weight excluding hydrogens is 173 g/mol. The molecule has 0 amide bonds. The monoisotopic (exact) mass is 177 g/mol. The van der Waals surface area contributed by atoms with E-state index in [-0.39, 0.29) is 11.6 Å². The molecule has 0 radical (unpaired) electrons. The Kier molecular flexibility index (Phi) is 2.35. The van der Waals surface area contributed by atoms with E-state index in [1.807, 2.05) is 0 Å². The molecule has 10 heavy (non-hydrogen) atoms. The molecule has 54 valence electrons. The quantitative estimate of drug-likeness (QED) is 0.473. The molecule has 0 saturated heterocycles. The molecule has 1 heterocycles. The highest BCUT2D eigenvalue weighted by Crippen LogP contribution is 2.04. The molecule has 0 bridgehead atoms. The van der Waals surface area contributed by atoms with E-state index in [0.717, 1.165) is 0 Å². The van der Waals surface area contributed by atoms with Crippen molar-refractivity contribution in [1.82, 2.24) is 4.57 Å². The molecule has 0 saturated carbocycles. The zero-order valence-corrected chi connectivity index (χ0v) is 6.56. The molecule has 0 aliphatic rings. The van der Waals surface area contributed by atoms with Crippen LogP contribution in [-0.2, 0) is 6.00 Å². The van der Waals surface area contributed by atoms with Gasteiger partial charge in [-0.15, -0.1) is 11.6 Å².